The maximum atomic E-state index is 12.4. The Morgan fingerprint density at radius 3 is 2.52 bits per heavy atom. The predicted octanol–water partition coefficient (Wildman–Crippen LogP) is 3.29. The summed E-state index contributed by atoms with van der Waals surface area (Å²) >= 11 is 5.84. The Labute approximate surface area is 138 Å². The Kier molecular flexibility index (Phi) is 5.60. The van der Waals surface area contributed by atoms with Crippen molar-refractivity contribution < 1.29 is 19.4 Å². The predicted molar refractivity (Wildman–Crippen MR) is 86.9 cm³/mol. The molecule has 0 aliphatic heterocycles. The molecule has 0 aromatic heterocycles. The van der Waals surface area contributed by atoms with Gasteiger partial charge in [0.25, 0.3) is 5.91 Å². The van der Waals surface area contributed by atoms with E-state index in [1.807, 2.05) is 0 Å². The summed E-state index contributed by atoms with van der Waals surface area (Å²) in [4.78, 5) is 23.4. The van der Waals surface area contributed by atoms with Crippen LogP contribution in [-0.2, 0) is 4.79 Å². The van der Waals surface area contributed by atoms with Gasteiger partial charge in [0.15, 0.2) is 0 Å². The third-order valence-electron chi connectivity index (χ3n) is 3.29. The largest absolute Gasteiger partial charge is 0.497 e. The van der Waals surface area contributed by atoms with Gasteiger partial charge in [-0.3, -0.25) is 9.59 Å². The minimum absolute atomic E-state index is 0.225. The van der Waals surface area contributed by atoms with Gasteiger partial charge in [0, 0.05) is 10.6 Å². The van der Waals surface area contributed by atoms with Crippen LogP contribution >= 0.6 is 11.6 Å². The SMILES string of the molecule is COc1cccc(C(=O)N[C@H](CC(=O)O)c2ccc(Cl)cc2)c1. The fourth-order valence-corrected chi connectivity index (χ4v) is 2.25. The number of carbonyl (C=O) groups is 2. The van der Waals surface area contributed by atoms with E-state index < -0.39 is 12.0 Å². The molecule has 120 valence electrons. The molecule has 2 N–H and O–H groups in total. The summed E-state index contributed by atoms with van der Waals surface area (Å²) in [5.41, 5.74) is 1.07. The van der Waals surface area contributed by atoms with Crippen molar-refractivity contribution in [3.05, 3.63) is 64.7 Å². The van der Waals surface area contributed by atoms with E-state index in [-0.39, 0.29) is 12.3 Å². The van der Waals surface area contributed by atoms with Gasteiger partial charge in [-0.1, -0.05) is 29.8 Å². The van der Waals surface area contributed by atoms with Crippen molar-refractivity contribution in [3.63, 3.8) is 0 Å². The lowest BCUT2D eigenvalue weighted by Crippen LogP contribution is -2.30. The normalized spacial score (nSPS) is 11.6. The first-order chi connectivity index (χ1) is 11.0. The van der Waals surface area contributed by atoms with Crippen molar-refractivity contribution in [1.29, 1.82) is 0 Å². The molecule has 0 aliphatic carbocycles. The minimum Gasteiger partial charge on any atom is -0.497 e. The Balaban J connectivity index is 2.21. The van der Waals surface area contributed by atoms with E-state index in [0.29, 0.717) is 21.9 Å². The van der Waals surface area contributed by atoms with E-state index >= 15 is 0 Å². The summed E-state index contributed by atoms with van der Waals surface area (Å²) in [5, 5.41) is 12.3. The van der Waals surface area contributed by atoms with E-state index in [0.717, 1.165) is 0 Å². The first-order valence-corrected chi connectivity index (χ1v) is 7.29. The molecule has 0 unspecified atom stereocenters. The number of halogens is 1. The van der Waals surface area contributed by atoms with Gasteiger partial charge in [0.1, 0.15) is 5.75 Å². The van der Waals surface area contributed by atoms with Crippen LogP contribution < -0.4 is 10.1 Å². The van der Waals surface area contributed by atoms with Gasteiger partial charge in [-0.15, -0.1) is 0 Å². The molecule has 0 aliphatic rings. The zero-order chi connectivity index (χ0) is 16.8. The molecule has 1 atom stereocenters. The average molecular weight is 334 g/mol. The first-order valence-electron chi connectivity index (χ1n) is 6.92. The number of benzene rings is 2. The number of rotatable bonds is 6. The van der Waals surface area contributed by atoms with Crippen molar-refractivity contribution in [2.24, 2.45) is 0 Å². The number of amides is 1. The average Bonchev–Trinajstić information content (AvgIpc) is 2.54. The standard InChI is InChI=1S/C17H16ClNO4/c1-23-14-4-2-3-12(9-14)17(22)19-15(10-16(20)21)11-5-7-13(18)8-6-11/h2-9,15H,10H2,1H3,(H,19,22)(H,20,21)/t15-/m1/s1. The molecule has 0 saturated heterocycles. The smallest absolute Gasteiger partial charge is 0.305 e. The van der Waals surface area contributed by atoms with Gasteiger partial charge in [-0.2, -0.15) is 0 Å². The van der Waals surface area contributed by atoms with Gasteiger partial charge in [-0.25, -0.2) is 0 Å². The molecular weight excluding hydrogens is 318 g/mol. The highest BCUT2D eigenvalue weighted by molar-refractivity contribution is 6.30. The van der Waals surface area contributed by atoms with E-state index in [1.54, 1.807) is 48.5 Å². The molecule has 2 aromatic carbocycles. The molecular formula is C17H16ClNO4. The lowest BCUT2D eigenvalue weighted by molar-refractivity contribution is -0.137. The van der Waals surface area contributed by atoms with Gasteiger partial charge < -0.3 is 15.2 Å². The highest BCUT2D eigenvalue weighted by atomic mass is 35.5. The van der Waals surface area contributed by atoms with E-state index in [2.05, 4.69) is 5.32 Å². The zero-order valence-electron chi connectivity index (χ0n) is 12.5. The van der Waals surface area contributed by atoms with Crippen molar-refractivity contribution >= 4 is 23.5 Å². The second kappa shape index (κ2) is 7.65. The first kappa shape index (κ1) is 16.8. The maximum Gasteiger partial charge on any atom is 0.305 e. The van der Waals surface area contributed by atoms with Crippen molar-refractivity contribution in [1.82, 2.24) is 5.32 Å². The van der Waals surface area contributed by atoms with Crippen LogP contribution in [0.3, 0.4) is 0 Å². The summed E-state index contributed by atoms with van der Waals surface area (Å²) in [5.74, 6) is -0.820. The number of carboxylic acid groups (broad SMARTS) is 1. The van der Waals surface area contributed by atoms with Crippen LogP contribution in [-0.4, -0.2) is 24.1 Å². The molecule has 0 radical (unpaired) electrons. The molecule has 0 fully saturated rings. The molecule has 0 saturated carbocycles. The molecule has 1 amide bonds. The number of hydrogen-bond acceptors (Lipinski definition) is 3. The van der Waals surface area contributed by atoms with Gasteiger partial charge in [-0.05, 0) is 35.9 Å². The number of carbonyl (C=O) groups excluding carboxylic acids is 1. The van der Waals surface area contributed by atoms with Gasteiger partial charge >= 0.3 is 5.97 Å². The van der Waals surface area contributed by atoms with E-state index in [4.69, 9.17) is 21.4 Å². The lowest BCUT2D eigenvalue weighted by Gasteiger charge is -2.18. The quantitative estimate of drug-likeness (QED) is 0.850. The summed E-state index contributed by atoms with van der Waals surface area (Å²) in [6, 6.07) is 12.7. The summed E-state index contributed by atoms with van der Waals surface area (Å²) in [7, 11) is 1.51. The molecule has 0 heterocycles. The molecule has 6 heteroatoms. The van der Waals surface area contributed by atoms with Crippen molar-refractivity contribution in [2.45, 2.75) is 12.5 Å². The topological polar surface area (TPSA) is 75.6 Å². The molecule has 5 nitrogen and oxygen atoms in total. The number of carboxylic acids is 1. The van der Waals surface area contributed by atoms with Gasteiger partial charge in [0.2, 0.25) is 0 Å². The second-order valence-corrected chi connectivity index (χ2v) is 5.34. The van der Waals surface area contributed by atoms with E-state index in [1.165, 1.54) is 7.11 Å². The van der Waals surface area contributed by atoms with Crippen LogP contribution in [0.1, 0.15) is 28.4 Å². The summed E-state index contributed by atoms with van der Waals surface area (Å²) in [6.07, 6.45) is -0.225. The summed E-state index contributed by atoms with van der Waals surface area (Å²) in [6.45, 7) is 0. The monoisotopic (exact) mass is 333 g/mol. The molecule has 0 spiro atoms. The number of aliphatic carboxylic acids is 1. The molecule has 2 aromatic rings. The Bertz CT molecular complexity index is 700. The van der Waals surface area contributed by atoms with Crippen LogP contribution in [0, 0.1) is 0 Å². The van der Waals surface area contributed by atoms with Gasteiger partial charge in [0.05, 0.1) is 19.6 Å². The van der Waals surface area contributed by atoms with Crippen LogP contribution in [0.5, 0.6) is 5.75 Å². The number of nitrogens with one attached hydrogen (secondary N) is 1. The van der Waals surface area contributed by atoms with E-state index in [9.17, 15) is 9.59 Å². The maximum absolute atomic E-state index is 12.4. The minimum atomic E-state index is -1.00. The zero-order valence-corrected chi connectivity index (χ0v) is 13.2. The number of ether oxygens (including phenoxy) is 1. The lowest BCUT2D eigenvalue weighted by atomic mass is 10.0. The van der Waals surface area contributed by atoms with Crippen LogP contribution in [0.15, 0.2) is 48.5 Å². The third kappa shape index (κ3) is 4.72. The fourth-order valence-electron chi connectivity index (χ4n) is 2.13. The van der Waals surface area contributed by atoms with Crippen molar-refractivity contribution in [2.75, 3.05) is 7.11 Å². The number of hydrogen-bond donors (Lipinski definition) is 2. The fraction of sp³-hybridized carbons (Fsp3) is 0.176. The third-order valence-corrected chi connectivity index (χ3v) is 3.54. The summed E-state index contributed by atoms with van der Waals surface area (Å²) < 4.78 is 5.08. The molecule has 2 rings (SSSR count). The molecule has 23 heavy (non-hydrogen) atoms. The van der Waals surface area contributed by atoms with Crippen LogP contribution in [0.2, 0.25) is 5.02 Å². The molecule has 0 bridgehead atoms. The van der Waals surface area contributed by atoms with Crippen LogP contribution in [0.4, 0.5) is 0 Å². The van der Waals surface area contributed by atoms with Crippen LogP contribution in [0.25, 0.3) is 0 Å². The highest BCUT2D eigenvalue weighted by Crippen LogP contribution is 2.21. The Hall–Kier alpha value is -2.53. The van der Waals surface area contributed by atoms with Crippen molar-refractivity contribution in [3.8, 4) is 5.75 Å². The Morgan fingerprint density at radius 2 is 1.91 bits per heavy atom. The highest BCUT2D eigenvalue weighted by Gasteiger charge is 2.19. The second-order valence-electron chi connectivity index (χ2n) is 4.91. The Morgan fingerprint density at radius 1 is 1.22 bits per heavy atom. The number of methoxy groups -OCH3 is 1.